The van der Waals surface area contributed by atoms with Gasteiger partial charge in [0.1, 0.15) is 11.6 Å². The van der Waals surface area contributed by atoms with Crippen molar-refractivity contribution in [3.63, 3.8) is 0 Å². The van der Waals surface area contributed by atoms with Crippen LogP contribution in [0.3, 0.4) is 0 Å². The van der Waals surface area contributed by atoms with Gasteiger partial charge in [0.25, 0.3) is 5.91 Å². The highest BCUT2D eigenvalue weighted by Gasteiger charge is 2.14. The number of hydrogen-bond acceptors (Lipinski definition) is 3. The second-order valence-corrected chi connectivity index (χ2v) is 5.01. The number of nitrogens with one attached hydrogen (secondary N) is 1. The third-order valence-electron chi connectivity index (χ3n) is 2.89. The van der Waals surface area contributed by atoms with E-state index in [4.69, 9.17) is 16.3 Å². The highest BCUT2D eigenvalue weighted by Crippen LogP contribution is 2.17. The first-order chi connectivity index (χ1) is 11.0. The summed E-state index contributed by atoms with van der Waals surface area (Å²) in [5.74, 6) is -2.45. The van der Waals surface area contributed by atoms with Crippen molar-refractivity contribution in [3.8, 4) is 0 Å². The van der Waals surface area contributed by atoms with Gasteiger partial charge in [-0.3, -0.25) is 4.79 Å². The quantitative estimate of drug-likeness (QED) is 0.852. The van der Waals surface area contributed by atoms with Crippen molar-refractivity contribution in [1.29, 1.82) is 0 Å². The van der Waals surface area contributed by atoms with E-state index in [2.05, 4.69) is 5.32 Å². The Bertz CT molecular complexity index is 720. The molecule has 0 aliphatic rings. The first-order valence-corrected chi connectivity index (χ1v) is 6.97. The van der Waals surface area contributed by atoms with Gasteiger partial charge >= 0.3 is 5.97 Å². The smallest absolute Gasteiger partial charge is 0.340 e. The number of amides is 1. The molecule has 1 N–H and O–H groups in total. The van der Waals surface area contributed by atoms with Crippen molar-refractivity contribution in [1.82, 2.24) is 5.32 Å². The van der Waals surface area contributed by atoms with E-state index in [0.29, 0.717) is 5.56 Å². The molecule has 1 amide bonds. The molecule has 0 fully saturated rings. The van der Waals surface area contributed by atoms with E-state index < -0.39 is 24.3 Å². The molecule has 0 unspecified atom stereocenters. The second-order valence-electron chi connectivity index (χ2n) is 4.60. The lowest BCUT2D eigenvalue weighted by Gasteiger charge is -2.08. The van der Waals surface area contributed by atoms with E-state index in [1.54, 1.807) is 0 Å². The van der Waals surface area contributed by atoms with Crippen LogP contribution in [0.25, 0.3) is 0 Å². The van der Waals surface area contributed by atoms with E-state index in [1.165, 1.54) is 30.3 Å². The third kappa shape index (κ3) is 5.03. The highest BCUT2D eigenvalue weighted by molar-refractivity contribution is 6.33. The minimum absolute atomic E-state index is 0.0307. The van der Waals surface area contributed by atoms with Crippen LogP contribution in [0, 0.1) is 11.6 Å². The monoisotopic (exact) mass is 339 g/mol. The van der Waals surface area contributed by atoms with Crippen LogP contribution < -0.4 is 5.32 Å². The number of benzene rings is 2. The predicted molar refractivity (Wildman–Crippen MR) is 79.9 cm³/mol. The molecule has 0 aliphatic heterocycles. The molecule has 2 aromatic carbocycles. The van der Waals surface area contributed by atoms with E-state index in [-0.39, 0.29) is 22.9 Å². The van der Waals surface area contributed by atoms with Gasteiger partial charge in [0.05, 0.1) is 10.6 Å². The fourth-order valence-electron chi connectivity index (χ4n) is 1.72. The van der Waals surface area contributed by atoms with Gasteiger partial charge in [0.15, 0.2) is 6.61 Å². The minimum Gasteiger partial charge on any atom is -0.452 e. The van der Waals surface area contributed by atoms with Gasteiger partial charge in [0.2, 0.25) is 0 Å². The molecule has 2 rings (SSSR count). The van der Waals surface area contributed by atoms with Crippen molar-refractivity contribution in [2.75, 3.05) is 6.61 Å². The molecule has 0 bridgehead atoms. The number of carbonyl (C=O) groups is 2. The van der Waals surface area contributed by atoms with E-state index in [1.807, 2.05) is 0 Å². The SMILES string of the molecule is O=C(COC(=O)c1cc(F)ccc1Cl)NCc1ccc(F)cc1. The first-order valence-electron chi connectivity index (χ1n) is 6.59. The van der Waals surface area contributed by atoms with Gasteiger partial charge in [-0.15, -0.1) is 0 Å². The number of hydrogen-bond donors (Lipinski definition) is 1. The summed E-state index contributed by atoms with van der Waals surface area (Å²) in [5.41, 5.74) is 0.539. The van der Waals surface area contributed by atoms with Crippen molar-refractivity contribution < 1.29 is 23.1 Å². The zero-order valence-electron chi connectivity index (χ0n) is 11.8. The van der Waals surface area contributed by atoms with E-state index >= 15 is 0 Å². The van der Waals surface area contributed by atoms with Gasteiger partial charge in [-0.25, -0.2) is 13.6 Å². The largest absolute Gasteiger partial charge is 0.452 e. The first kappa shape index (κ1) is 16.9. The topological polar surface area (TPSA) is 55.4 Å². The molecule has 0 atom stereocenters. The average Bonchev–Trinajstić information content (AvgIpc) is 2.54. The van der Waals surface area contributed by atoms with Crippen LogP contribution in [0.2, 0.25) is 5.02 Å². The van der Waals surface area contributed by atoms with Crippen LogP contribution in [0.15, 0.2) is 42.5 Å². The molecule has 23 heavy (non-hydrogen) atoms. The average molecular weight is 340 g/mol. The molecule has 0 aliphatic carbocycles. The lowest BCUT2D eigenvalue weighted by molar-refractivity contribution is -0.124. The van der Waals surface area contributed by atoms with Gasteiger partial charge < -0.3 is 10.1 Å². The van der Waals surface area contributed by atoms with Crippen molar-refractivity contribution in [2.24, 2.45) is 0 Å². The van der Waals surface area contributed by atoms with Gasteiger partial charge in [0, 0.05) is 6.54 Å². The summed E-state index contributed by atoms with van der Waals surface area (Å²) >= 11 is 5.76. The molecule has 2 aromatic rings. The van der Waals surface area contributed by atoms with Gasteiger partial charge in [-0.05, 0) is 35.9 Å². The van der Waals surface area contributed by atoms with Gasteiger partial charge in [-0.1, -0.05) is 23.7 Å². The molecule has 0 spiro atoms. The summed E-state index contributed by atoms with van der Waals surface area (Å²) in [6.07, 6.45) is 0. The van der Waals surface area contributed by atoms with Crippen LogP contribution in [0.5, 0.6) is 0 Å². The van der Waals surface area contributed by atoms with Crippen LogP contribution in [-0.4, -0.2) is 18.5 Å². The lowest BCUT2D eigenvalue weighted by atomic mass is 10.2. The Morgan fingerprint density at radius 3 is 2.39 bits per heavy atom. The maximum atomic E-state index is 13.1. The van der Waals surface area contributed by atoms with Crippen molar-refractivity contribution in [3.05, 3.63) is 70.2 Å². The Morgan fingerprint density at radius 2 is 1.70 bits per heavy atom. The Balaban J connectivity index is 1.83. The van der Waals surface area contributed by atoms with E-state index in [0.717, 1.165) is 12.1 Å². The second kappa shape index (κ2) is 7.69. The van der Waals surface area contributed by atoms with Crippen LogP contribution in [0.1, 0.15) is 15.9 Å². The van der Waals surface area contributed by atoms with E-state index in [9.17, 15) is 18.4 Å². The number of rotatable bonds is 5. The molecule has 0 radical (unpaired) electrons. The molecule has 4 nitrogen and oxygen atoms in total. The zero-order chi connectivity index (χ0) is 16.8. The molecule has 7 heteroatoms. The minimum atomic E-state index is -0.897. The number of carbonyl (C=O) groups excluding carboxylic acids is 2. The molecule has 0 heterocycles. The Morgan fingerprint density at radius 1 is 1.04 bits per heavy atom. The molecule has 0 aromatic heterocycles. The summed E-state index contributed by atoms with van der Waals surface area (Å²) in [7, 11) is 0. The molecular formula is C16H12ClF2NO3. The predicted octanol–water partition coefficient (Wildman–Crippen LogP) is 3.09. The van der Waals surface area contributed by atoms with Crippen molar-refractivity contribution in [2.45, 2.75) is 6.54 Å². The summed E-state index contributed by atoms with van der Waals surface area (Å²) < 4.78 is 30.6. The standard InChI is InChI=1S/C16H12ClF2NO3/c17-14-6-5-12(19)7-13(14)16(22)23-9-15(21)20-8-10-1-3-11(18)4-2-10/h1-7H,8-9H2,(H,20,21). The summed E-state index contributed by atoms with van der Waals surface area (Å²) in [6.45, 7) is -0.371. The van der Waals surface area contributed by atoms with Crippen molar-refractivity contribution >= 4 is 23.5 Å². The summed E-state index contributed by atoms with van der Waals surface area (Å²) in [6, 6.07) is 8.85. The maximum Gasteiger partial charge on any atom is 0.340 e. The fourth-order valence-corrected chi connectivity index (χ4v) is 1.91. The number of ether oxygens (including phenoxy) is 1. The van der Waals surface area contributed by atoms with Crippen LogP contribution >= 0.6 is 11.6 Å². The number of esters is 1. The zero-order valence-corrected chi connectivity index (χ0v) is 12.6. The van der Waals surface area contributed by atoms with Crippen LogP contribution in [0.4, 0.5) is 8.78 Å². The Labute approximate surface area is 136 Å². The molecule has 120 valence electrons. The third-order valence-corrected chi connectivity index (χ3v) is 3.22. The maximum absolute atomic E-state index is 13.1. The Kier molecular flexibility index (Phi) is 5.65. The Hall–Kier alpha value is -2.47. The van der Waals surface area contributed by atoms with Gasteiger partial charge in [-0.2, -0.15) is 0 Å². The lowest BCUT2D eigenvalue weighted by Crippen LogP contribution is -2.28. The molecule has 0 saturated carbocycles. The number of halogens is 3. The summed E-state index contributed by atoms with van der Waals surface area (Å²) in [5, 5.41) is 2.54. The van der Waals surface area contributed by atoms with Crippen LogP contribution in [-0.2, 0) is 16.1 Å². The molecular weight excluding hydrogens is 328 g/mol. The molecule has 0 saturated heterocycles. The normalized spacial score (nSPS) is 10.2. The summed E-state index contributed by atoms with van der Waals surface area (Å²) in [4.78, 5) is 23.3. The highest BCUT2D eigenvalue weighted by atomic mass is 35.5. The fraction of sp³-hybridized carbons (Fsp3) is 0.125.